The molecule has 0 bridgehead atoms. The van der Waals surface area contributed by atoms with Crippen molar-refractivity contribution in [1.29, 1.82) is 0 Å². The summed E-state index contributed by atoms with van der Waals surface area (Å²) in [6.45, 7) is 4.19. The topological polar surface area (TPSA) is 364 Å². The predicted octanol–water partition coefficient (Wildman–Crippen LogP) is 1.70. The highest BCUT2D eigenvalue weighted by Gasteiger charge is 2.32. The number of aliphatic hydroxyl groups excluding tert-OH is 2. The molecule has 0 saturated carbocycles. The first kappa shape index (κ1) is 74.2. The summed E-state index contributed by atoms with van der Waals surface area (Å²) in [5.41, 5.74) is 0. The van der Waals surface area contributed by atoms with Gasteiger partial charge >= 0.3 is 25.7 Å². The van der Waals surface area contributed by atoms with Crippen molar-refractivity contribution in [1.82, 2.24) is 36.8 Å². The second kappa shape index (κ2) is 43.0. The normalized spacial score (nSPS) is 14.5. The Bertz CT molecular complexity index is 1870. The van der Waals surface area contributed by atoms with Crippen molar-refractivity contribution in [2.75, 3.05) is 87.3 Å². The van der Waals surface area contributed by atoms with Gasteiger partial charge in [-0.1, -0.05) is 84.0 Å². The van der Waals surface area contributed by atoms with Crippen LogP contribution >= 0.6 is 7.82 Å². The van der Waals surface area contributed by atoms with Crippen LogP contribution in [0.4, 0.5) is 0 Å². The molecule has 458 valence electrons. The van der Waals surface area contributed by atoms with E-state index in [0.717, 1.165) is 26.2 Å². The van der Waals surface area contributed by atoms with E-state index in [9.17, 15) is 62.8 Å². The van der Waals surface area contributed by atoms with Crippen molar-refractivity contribution in [3.63, 3.8) is 0 Å². The highest BCUT2D eigenvalue weighted by atomic mass is 31.2. The van der Waals surface area contributed by atoms with Gasteiger partial charge in [0.2, 0.25) is 35.4 Å². The van der Waals surface area contributed by atoms with E-state index in [1.54, 1.807) is 0 Å². The summed E-state index contributed by atoms with van der Waals surface area (Å²) in [5.74, 6) is -7.52. The van der Waals surface area contributed by atoms with Gasteiger partial charge in [-0.3, -0.25) is 52.2 Å². The molecule has 0 aliphatic rings. The van der Waals surface area contributed by atoms with Crippen LogP contribution in [0.15, 0.2) is 0 Å². The van der Waals surface area contributed by atoms with Crippen LogP contribution in [-0.2, 0) is 66.2 Å². The minimum absolute atomic E-state index is 0.0160. The number of ether oxygens (including phenoxy) is 2. The van der Waals surface area contributed by atoms with E-state index < -0.39 is 124 Å². The number of unbranched alkanes of at least 4 members (excludes halogenated alkanes) is 14. The van der Waals surface area contributed by atoms with Crippen molar-refractivity contribution in [2.45, 2.75) is 193 Å². The van der Waals surface area contributed by atoms with Gasteiger partial charge in [-0.2, -0.15) is 0 Å². The number of hydrogen-bond acceptors (Lipinski definition) is 17. The number of nitrogens with zero attached hydrogens (tertiary/aromatic N) is 2. The van der Waals surface area contributed by atoms with Crippen molar-refractivity contribution in [3.8, 4) is 0 Å². The molecule has 0 heterocycles. The molecular formula is C52H98N8O18P+. The largest absolute Gasteiger partial charge is 0.480 e. The molecule has 0 aliphatic carbocycles. The Balaban J connectivity index is 5.35. The minimum Gasteiger partial charge on any atom is -0.480 e. The van der Waals surface area contributed by atoms with Gasteiger partial charge in [0.15, 0.2) is 6.10 Å². The van der Waals surface area contributed by atoms with E-state index in [0.29, 0.717) is 56.2 Å². The van der Waals surface area contributed by atoms with Crippen LogP contribution in [0.5, 0.6) is 0 Å². The van der Waals surface area contributed by atoms with Crippen molar-refractivity contribution >= 4 is 61.2 Å². The van der Waals surface area contributed by atoms with Gasteiger partial charge in [-0.15, -0.1) is 0 Å². The Morgan fingerprint density at radius 1 is 0.595 bits per heavy atom. The molecule has 0 aromatic rings. The van der Waals surface area contributed by atoms with Gasteiger partial charge in [0.05, 0.1) is 53.0 Å². The molecule has 0 aromatic carbocycles. The second-order valence-corrected chi connectivity index (χ2v) is 22.5. The number of carboxylic acids is 1. The number of hydrogen-bond donors (Lipinski definition) is 10. The Kier molecular flexibility index (Phi) is 40.4. The lowest BCUT2D eigenvalue weighted by molar-refractivity contribution is -0.870. The molecule has 0 saturated heterocycles. The zero-order chi connectivity index (χ0) is 59.8. The van der Waals surface area contributed by atoms with Crippen LogP contribution in [0.25, 0.3) is 0 Å². The van der Waals surface area contributed by atoms with Gasteiger partial charge in [-0.05, 0) is 72.5 Å². The molecular weight excluding hydrogens is 1060 g/mol. The molecule has 6 amide bonds. The first-order chi connectivity index (χ1) is 37.2. The van der Waals surface area contributed by atoms with Crippen LogP contribution in [0, 0.1) is 0 Å². The summed E-state index contributed by atoms with van der Waals surface area (Å²) >= 11 is 0. The minimum atomic E-state index is -4.53. The summed E-state index contributed by atoms with van der Waals surface area (Å²) in [7, 11) is 2.96. The van der Waals surface area contributed by atoms with E-state index in [4.69, 9.17) is 23.6 Å². The summed E-state index contributed by atoms with van der Waals surface area (Å²) in [4.78, 5) is 124. The standard InChI is InChI=1S/C52H97N8O18P/c1-9-10-11-12-13-14-15-16-17-18-19-20-21-27-46(68)75-36-41(37-77-79(73,74)76-32-31-60(6,7)8)78-47(69)28-23-25-30-59(5)29-24-22-26-42(50(70)54-33-43(64)53-35-45(66)67)57-52(72)49(39(3)62)58-44(65)34-55-51(71)48(38(2)61)56-40(4)63/h38-39,41-42,48-49,61-62H,9-37H2,1-8H3,(H7-,53,54,55,56,57,58,63,64,65,66,67,70,71,72,73,74)/p+1/t38-,39-,41+,42+,48+,49+/m1/s1. The molecule has 26 nitrogen and oxygen atoms in total. The highest BCUT2D eigenvalue weighted by Crippen LogP contribution is 2.43. The van der Waals surface area contributed by atoms with Gasteiger partial charge in [-0.25, -0.2) is 4.57 Å². The Hall–Kier alpha value is -4.82. The fourth-order valence-corrected chi connectivity index (χ4v) is 8.37. The molecule has 7 atom stereocenters. The fourth-order valence-electron chi connectivity index (χ4n) is 7.63. The summed E-state index contributed by atoms with van der Waals surface area (Å²) in [6.07, 6.45) is 13.0. The Morgan fingerprint density at radius 2 is 1.10 bits per heavy atom. The molecule has 1 unspecified atom stereocenters. The molecule has 10 N–H and O–H groups in total. The molecule has 0 spiro atoms. The zero-order valence-corrected chi connectivity index (χ0v) is 49.2. The number of amides is 6. The van der Waals surface area contributed by atoms with E-state index in [1.165, 1.54) is 71.6 Å². The Morgan fingerprint density at radius 3 is 1.65 bits per heavy atom. The van der Waals surface area contributed by atoms with E-state index in [1.807, 2.05) is 33.1 Å². The van der Waals surface area contributed by atoms with Crippen LogP contribution in [0.3, 0.4) is 0 Å². The van der Waals surface area contributed by atoms with E-state index >= 15 is 0 Å². The molecule has 0 radical (unpaired) electrons. The van der Waals surface area contributed by atoms with E-state index in [2.05, 4.69) is 38.8 Å². The molecule has 0 rings (SSSR count). The van der Waals surface area contributed by atoms with Gasteiger partial charge < -0.3 is 71.0 Å². The number of carbonyl (C=O) groups excluding carboxylic acids is 8. The first-order valence-corrected chi connectivity index (χ1v) is 29.4. The number of aliphatic carboxylic acids is 1. The average Bonchev–Trinajstić information content (AvgIpc) is 3.36. The zero-order valence-electron chi connectivity index (χ0n) is 48.3. The average molecular weight is 1150 g/mol. The van der Waals surface area contributed by atoms with Crippen molar-refractivity contribution in [2.24, 2.45) is 0 Å². The SMILES string of the molecule is CCCCCCCCCCCCCCCC(=O)OC[C@@H](COP(=O)(O)OCC[N+](C)(C)C)OC(=O)CCCCN(C)CCCC[C@H](NC(=O)[C@@H](NC(=O)CNC(=O)[C@@H](NC(C)=O)[C@@H](C)O)[C@@H](C)O)C(=O)NCC(=O)NCC(=O)O. The summed E-state index contributed by atoms with van der Waals surface area (Å²) in [6, 6.07) is -4.32. The third-order valence-electron chi connectivity index (χ3n) is 12.2. The number of quaternary nitrogens is 1. The number of rotatable bonds is 48. The predicted molar refractivity (Wildman–Crippen MR) is 292 cm³/mol. The molecule has 0 fully saturated rings. The van der Waals surface area contributed by atoms with Crippen LogP contribution in [-0.4, -0.2) is 207 Å². The van der Waals surface area contributed by atoms with Gasteiger partial charge in [0.25, 0.3) is 0 Å². The highest BCUT2D eigenvalue weighted by molar-refractivity contribution is 7.47. The molecule has 0 aromatic heterocycles. The molecule has 27 heteroatoms. The molecule has 79 heavy (non-hydrogen) atoms. The third-order valence-corrected chi connectivity index (χ3v) is 13.2. The maximum atomic E-state index is 13.4. The van der Waals surface area contributed by atoms with Crippen molar-refractivity contribution < 1.29 is 90.9 Å². The number of nitrogens with one attached hydrogen (secondary N) is 6. The lowest BCUT2D eigenvalue weighted by Gasteiger charge is -2.25. The number of phosphoric ester groups is 1. The van der Waals surface area contributed by atoms with Crippen molar-refractivity contribution in [3.05, 3.63) is 0 Å². The number of carboxylic acid groups (broad SMARTS) is 1. The maximum Gasteiger partial charge on any atom is 0.472 e. The lowest BCUT2D eigenvalue weighted by Crippen LogP contribution is -2.59. The first-order valence-electron chi connectivity index (χ1n) is 27.9. The lowest BCUT2D eigenvalue weighted by atomic mass is 10.0. The van der Waals surface area contributed by atoms with Gasteiger partial charge in [0, 0.05) is 19.8 Å². The summed E-state index contributed by atoms with van der Waals surface area (Å²) in [5, 5.41) is 42.8. The number of likely N-dealkylation sites (N-methyl/N-ethyl adjacent to an activating group) is 1. The second-order valence-electron chi connectivity index (χ2n) is 21.0. The number of aliphatic hydroxyl groups is 2. The quantitative estimate of drug-likeness (QED) is 0.0179. The maximum absolute atomic E-state index is 13.4. The number of carbonyl (C=O) groups is 9. The van der Waals surface area contributed by atoms with Crippen LogP contribution < -0.4 is 31.9 Å². The fraction of sp³-hybridized carbons (Fsp3) is 0.827. The van der Waals surface area contributed by atoms with Crippen LogP contribution in [0.2, 0.25) is 0 Å². The monoisotopic (exact) mass is 1150 g/mol. The van der Waals surface area contributed by atoms with Crippen LogP contribution in [0.1, 0.15) is 156 Å². The smallest absolute Gasteiger partial charge is 0.472 e. The van der Waals surface area contributed by atoms with E-state index in [-0.39, 0.29) is 32.5 Å². The Labute approximate surface area is 467 Å². The molecule has 0 aliphatic heterocycles. The number of phosphoric acid groups is 1. The third kappa shape index (κ3) is 41.8. The van der Waals surface area contributed by atoms with Gasteiger partial charge in [0.1, 0.15) is 44.4 Å². The summed E-state index contributed by atoms with van der Waals surface area (Å²) < 4.78 is 34.3. The number of esters is 2.